The Morgan fingerprint density at radius 2 is 2.18 bits per heavy atom. The second kappa shape index (κ2) is 4.92. The summed E-state index contributed by atoms with van der Waals surface area (Å²) < 4.78 is 18.3. The molecule has 0 aliphatic rings. The number of hydrogen-bond donors (Lipinski definition) is 2. The molecule has 0 spiro atoms. The van der Waals surface area contributed by atoms with Gasteiger partial charge in [-0.2, -0.15) is 0 Å². The zero-order valence-electron chi connectivity index (χ0n) is 9.57. The van der Waals surface area contributed by atoms with Gasteiger partial charge in [0.15, 0.2) is 0 Å². The molecule has 2 N–H and O–H groups in total. The van der Waals surface area contributed by atoms with Crippen molar-refractivity contribution in [3.63, 3.8) is 0 Å². The highest BCUT2D eigenvalue weighted by Gasteiger charge is 2.11. The first-order chi connectivity index (χ1) is 8.19. The molecule has 1 heterocycles. The van der Waals surface area contributed by atoms with Crippen molar-refractivity contribution in [1.82, 2.24) is 15.5 Å². The highest BCUT2D eigenvalue weighted by Crippen LogP contribution is 2.18. The number of aromatic nitrogens is 2. The third kappa shape index (κ3) is 2.79. The largest absolute Gasteiger partial charge is 0.406 e. The smallest absolute Gasteiger partial charge is 0.320 e. The molecule has 0 amide bonds. The quantitative estimate of drug-likeness (QED) is 0.852. The maximum atomic E-state index is 12.9. The molecule has 17 heavy (non-hydrogen) atoms. The molecule has 1 aromatic carbocycles. The summed E-state index contributed by atoms with van der Waals surface area (Å²) in [4.78, 5) is 0. The topological polar surface area (TPSA) is 63.0 Å². The van der Waals surface area contributed by atoms with Crippen molar-refractivity contribution >= 4 is 11.7 Å². The van der Waals surface area contributed by atoms with Gasteiger partial charge in [0.25, 0.3) is 0 Å². The van der Waals surface area contributed by atoms with Crippen LogP contribution in [0.25, 0.3) is 0 Å². The van der Waals surface area contributed by atoms with Crippen molar-refractivity contribution < 1.29 is 8.81 Å². The van der Waals surface area contributed by atoms with Crippen LogP contribution in [0.3, 0.4) is 0 Å². The molecule has 0 fully saturated rings. The van der Waals surface area contributed by atoms with Crippen LogP contribution in [0.15, 0.2) is 28.7 Å². The van der Waals surface area contributed by atoms with E-state index in [0.717, 1.165) is 0 Å². The lowest BCUT2D eigenvalue weighted by Gasteiger charge is -2.03. The summed E-state index contributed by atoms with van der Waals surface area (Å²) in [6.07, 6.45) is 0. The lowest BCUT2D eigenvalue weighted by Crippen LogP contribution is -2.12. The predicted octanol–water partition coefficient (Wildman–Crippen LogP) is 2.23. The Morgan fingerprint density at radius 3 is 2.88 bits per heavy atom. The van der Waals surface area contributed by atoms with Crippen LogP contribution in [0, 0.1) is 5.82 Å². The number of anilines is 2. The fourth-order valence-corrected chi connectivity index (χ4v) is 1.27. The second-order valence-electron chi connectivity index (χ2n) is 3.59. The highest BCUT2D eigenvalue weighted by molar-refractivity contribution is 5.51. The minimum Gasteiger partial charge on any atom is -0.406 e. The van der Waals surface area contributed by atoms with Gasteiger partial charge < -0.3 is 15.1 Å². The van der Waals surface area contributed by atoms with Crippen molar-refractivity contribution in [2.45, 2.75) is 13.0 Å². The predicted molar refractivity (Wildman–Crippen MR) is 61.5 cm³/mol. The van der Waals surface area contributed by atoms with E-state index in [1.54, 1.807) is 19.2 Å². The van der Waals surface area contributed by atoms with E-state index in [1.165, 1.54) is 12.1 Å². The summed E-state index contributed by atoms with van der Waals surface area (Å²) in [6.45, 7) is 1.90. The lowest BCUT2D eigenvalue weighted by atomic mass is 10.3. The van der Waals surface area contributed by atoms with Crippen molar-refractivity contribution in [3.8, 4) is 0 Å². The first kappa shape index (κ1) is 11.5. The van der Waals surface area contributed by atoms with E-state index in [1.807, 2.05) is 6.92 Å². The average Bonchev–Trinajstić information content (AvgIpc) is 2.76. The maximum Gasteiger partial charge on any atom is 0.320 e. The molecule has 6 heteroatoms. The van der Waals surface area contributed by atoms with E-state index in [4.69, 9.17) is 4.42 Å². The second-order valence-corrected chi connectivity index (χ2v) is 3.59. The molecule has 1 atom stereocenters. The average molecular weight is 236 g/mol. The van der Waals surface area contributed by atoms with Crippen molar-refractivity contribution in [2.75, 3.05) is 12.4 Å². The van der Waals surface area contributed by atoms with E-state index in [2.05, 4.69) is 20.8 Å². The standard InChI is InChI=1S/C11H13FN4O/c1-7(13-2)10-15-16-11(17-10)14-9-5-3-4-8(12)6-9/h3-7,13H,1-2H3,(H,14,16). The molecular weight excluding hydrogens is 223 g/mol. The molecule has 5 nitrogen and oxygen atoms in total. The Kier molecular flexibility index (Phi) is 3.34. The zero-order chi connectivity index (χ0) is 12.3. The van der Waals surface area contributed by atoms with Gasteiger partial charge in [0, 0.05) is 5.69 Å². The fraction of sp³-hybridized carbons (Fsp3) is 0.273. The van der Waals surface area contributed by atoms with Crippen LogP contribution in [0.2, 0.25) is 0 Å². The SMILES string of the molecule is CNC(C)c1nnc(Nc2cccc(F)c2)o1. The molecule has 0 radical (unpaired) electrons. The summed E-state index contributed by atoms with van der Waals surface area (Å²) >= 11 is 0. The van der Waals surface area contributed by atoms with E-state index in [9.17, 15) is 4.39 Å². The van der Waals surface area contributed by atoms with Gasteiger partial charge in [0.2, 0.25) is 5.89 Å². The van der Waals surface area contributed by atoms with Gasteiger partial charge in [0.1, 0.15) is 5.82 Å². The Labute approximate surface area is 98.1 Å². The van der Waals surface area contributed by atoms with Gasteiger partial charge in [0.05, 0.1) is 6.04 Å². The third-order valence-corrected chi connectivity index (χ3v) is 2.32. The van der Waals surface area contributed by atoms with Crippen molar-refractivity contribution in [2.24, 2.45) is 0 Å². The number of hydrogen-bond acceptors (Lipinski definition) is 5. The van der Waals surface area contributed by atoms with Crippen LogP contribution in [0.4, 0.5) is 16.1 Å². The van der Waals surface area contributed by atoms with Gasteiger partial charge in [-0.1, -0.05) is 11.2 Å². The molecule has 0 saturated heterocycles. The highest BCUT2D eigenvalue weighted by atomic mass is 19.1. The van der Waals surface area contributed by atoms with Crippen LogP contribution in [0.1, 0.15) is 18.9 Å². The van der Waals surface area contributed by atoms with Crippen LogP contribution in [0.5, 0.6) is 0 Å². The van der Waals surface area contributed by atoms with E-state index in [0.29, 0.717) is 11.6 Å². The normalized spacial score (nSPS) is 12.4. The minimum absolute atomic E-state index is 0.0226. The van der Waals surface area contributed by atoms with Crippen molar-refractivity contribution in [3.05, 3.63) is 36.0 Å². The summed E-state index contributed by atoms with van der Waals surface area (Å²) in [5.74, 6) is 0.157. The third-order valence-electron chi connectivity index (χ3n) is 2.32. The lowest BCUT2D eigenvalue weighted by molar-refractivity contribution is 0.443. The summed E-state index contributed by atoms with van der Waals surface area (Å²) in [5.41, 5.74) is 0.567. The van der Waals surface area contributed by atoms with Gasteiger partial charge in [-0.25, -0.2) is 4.39 Å². The molecule has 0 aliphatic carbocycles. The van der Waals surface area contributed by atoms with Crippen LogP contribution >= 0.6 is 0 Å². The van der Waals surface area contributed by atoms with Gasteiger partial charge in [-0.3, -0.25) is 0 Å². The van der Waals surface area contributed by atoms with Gasteiger partial charge in [-0.05, 0) is 32.2 Å². The number of halogens is 1. The van der Waals surface area contributed by atoms with Crippen LogP contribution in [-0.4, -0.2) is 17.2 Å². The summed E-state index contributed by atoms with van der Waals surface area (Å²) in [7, 11) is 1.80. The molecule has 2 aromatic rings. The Balaban J connectivity index is 2.11. The minimum atomic E-state index is -0.321. The first-order valence-corrected chi connectivity index (χ1v) is 5.22. The molecule has 2 rings (SSSR count). The molecule has 1 unspecified atom stereocenters. The van der Waals surface area contributed by atoms with E-state index < -0.39 is 0 Å². The molecule has 1 aromatic heterocycles. The number of nitrogens with one attached hydrogen (secondary N) is 2. The van der Waals surface area contributed by atoms with Gasteiger partial charge >= 0.3 is 6.01 Å². The molecular formula is C11H13FN4O. The Morgan fingerprint density at radius 1 is 1.35 bits per heavy atom. The molecule has 0 aliphatic heterocycles. The number of benzene rings is 1. The molecule has 0 saturated carbocycles. The van der Waals surface area contributed by atoms with Crippen molar-refractivity contribution in [1.29, 1.82) is 0 Å². The zero-order valence-corrected chi connectivity index (χ0v) is 9.57. The summed E-state index contributed by atoms with van der Waals surface area (Å²) in [5, 5.41) is 13.5. The van der Waals surface area contributed by atoms with Crippen LogP contribution in [-0.2, 0) is 0 Å². The van der Waals surface area contributed by atoms with Crippen LogP contribution < -0.4 is 10.6 Å². The Hall–Kier alpha value is -1.95. The van der Waals surface area contributed by atoms with E-state index >= 15 is 0 Å². The monoisotopic (exact) mass is 236 g/mol. The number of nitrogens with zero attached hydrogens (tertiary/aromatic N) is 2. The first-order valence-electron chi connectivity index (χ1n) is 5.22. The summed E-state index contributed by atoms with van der Waals surface area (Å²) in [6, 6.07) is 6.26. The van der Waals surface area contributed by atoms with E-state index in [-0.39, 0.29) is 17.9 Å². The Bertz CT molecular complexity index is 500. The molecule has 90 valence electrons. The van der Waals surface area contributed by atoms with Gasteiger partial charge in [-0.15, -0.1) is 5.10 Å². The fourth-order valence-electron chi connectivity index (χ4n) is 1.27. The maximum absolute atomic E-state index is 12.9. The molecule has 0 bridgehead atoms. The number of rotatable bonds is 4.